The largest absolute Gasteiger partial charge is 0.276 e. The fourth-order valence-electron chi connectivity index (χ4n) is 1.61. The average Bonchev–Trinajstić information content (AvgIpc) is 2.71. The molecular weight excluding hydrogens is 222 g/mol. The van der Waals surface area contributed by atoms with Crippen molar-refractivity contribution in [3.05, 3.63) is 27.9 Å². The summed E-state index contributed by atoms with van der Waals surface area (Å²) in [5.41, 5.74) is 3.16. The van der Waals surface area contributed by atoms with Gasteiger partial charge in [-0.05, 0) is 31.0 Å². The highest BCUT2D eigenvalue weighted by Gasteiger charge is 2.11. The number of halogens is 1. The smallest absolute Gasteiger partial charge is 0.170 e. The molecule has 0 aliphatic carbocycles. The van der Waals surface area contributed by atoms with Gasteiger partial charge in [-0.2, -0.15) is 10.4 Å². The van der Waals surface area contributed by atoms with Gasteiger partial charge in [0.15, 0.2) is 5.69 Å². The van der Waals surface area contributed by atoms with Crippen molar-refractivity contribution in [1.29, 1.82) is 5.26 Å². The SMILES string of the molecule is CC.Cc1cc2[nH]nc(C#N)c2c(C)c1Cl. The highest BCUT2D eigenvalue weighted by Crippen LogP contribution is 2.29. The second kappa shape index (κ2) is 5.00. The first-order valence-corrected chi connectivity index (χ1v) is 5.57. The molecule has 0 radical (unpaired) electrons. The lowest BCUT2D eigenvalue weighted by atomic mass is 10.1. The Labute approximate surface area is 100 Å². The summed E-state index contributed by atoms with van der Waals surface area (Å²) < 4.78 is 0. The van der Waals surface area contributed by atoms with Gasteiger partial charge in [0.1, 0.15) is 6.07 Å². The van der Waals surface area contributed by atoms with E-state index in [1.807, 2.05) is 39.8 Å². The van der Waals surface area contributed by atoms with Gasteiger partial charge in [0.25, 0.3) is 0 Å². The monoisotopic (exact) mass is 235 g/mol. The van der Waals surface area contributed by atoms with Crippen LogP contribution in [0.25, 0.3) is 10.9 Å². The standard InChI is InChI=1S/C10H8ClN3.C2H6/c1-5-3-7-9(6(2)10(5)11)8(4-12)14-13-7;1-2/h3H,1-2H3,(H,13,14);1-2H3. The second-order valence-corrected chi connectivity index (χ2v) is 3.62. The van der Waals surface area contributed by atoms with E-state index >= 15 is 0 Å². The number of rotatable bonds is 0. The lowest BCUT2D eigenvalue weighted by molar-refractivity contribution is 1.10. The van der Waals surface area contributed by atoms with Crippen molar-refractivity contribution in [2.45, 2.75) is 27.7 Å². The van der Waals surface area contributed by atoms with Crippen LogP contribution in [0, 0.1) is 25.2 Å². The summed E-state index contributed by atoms with van der Waals surface area (Å²) in [4.78, 5) is 0. The van der Waals surface area contributed by atoms with Crippen LogP contribution in [0.5, 0.6) is 0 Å². The molecule has 1 N–H and O–H groups in total. The molecule has 1 aromatic carbocycles. The molecule has 0 fully saturated rings. The van der Waals surface area contributed by atoms with E-state index in [-0.39, 0.29) is 0 Å². The number of hydrogen-bond acceptors (Lipinski definition) is 2. The van der Waals surface area contributed by atoms with Crippen molar-refractivity contribution < 1.29 is 0 Å². The van der Waals surface area contributed by atoms with Crippen LogP contribution in [0.3, 0.4) is 0 Å². The van der Waals surface area contributed by atoms with Crippen molar-refractivity contribution in [2.24, 2.45) is 0 Å². The van der Waals surface area contributed by atoms with Gasteiger partial charge in [-0.3, -0.25) is 5.10 Å². The lowest BCUT2D eigenvalue weighted by Crippen LogP contribution is -1.84. The van der Waals surface area contributed by atoms with E-state index in [2.05, 4.69) is 10.2 Å². The van der Waals surface area contributed by atoms with Crippen molar-refractivity contribution in [2.75, 3.05) is 0 Å². The normalized spacial score (nSPS) is 9.50. The zero-order valence-electron chi connectivity index (χ0n) is 9.85. The molecule has 0 saturated carbocycles. The molecular formula is C12H14ClN3. The zero-order valence-corrected chi connectivity index (χ0v) is 10.6. The Hall–Kier alpha value is -1.53. The molecule has 16 heavy (non-hydrogen) atoms. The third-order valence-corrected chi connectivity index (χ3v) is 2.89. The predicted molar refractivity (Wildman–Crippen MR) is 66.6 cm³/mol. The zero-order chi connectivity index (χ0) is 12.3. The van der Waals surface area contributed by atoms with Crippen LogP contribution in [0.1, 0.15) is 30.7 Å². The maximum atomic E-state index is 8.83. The fourth-order valence-corrected chi connectivity index (χ4v) is 1.75. The number of aromatic nitrogens is 2. The quantitative estimate of drug-likeness (QED) is 0.757. The molecule has 0 aliphatic heterocycles. The van der Waals surface area contributed by atoms with Crippen LogP contribution >= 0.6 is 11.6 Å². The Morgan fingerprint density at radius 2 is 2.00 bits per heavy atom. The topological polar surface area (TPSA) is 52.5 Å². The van der Waals surface area contributed by atoms with E-state index in [1.54, 1.807) is 0 Å². The van der Waals surface area contributed by atoms with Crippen LogP contribution in [0.15, 0.2) is 6.07 Å². The van der Waals surface area contributed by atoms with Crippen molar-refractivity contribution in [3.8, 4) is 6.07 Å². The molecule has 1 heterocycles. The third kappa shape index (κ3) is 1.89. The highest BCUT2D eigenvalue weighted by atomic mass is 35.5. The van der Waals surface area contributed by atoms with E-state index in [4.69, 9.17) is 16.9 Å². The van der Waals surface area contributed by atoms with Gasteiger partial charge < -0.3 is 0 Å². The molecule has 0 aliphatic rings. The number of nitriles is 1. The van der Waals surface area contributed by atoms with E-state index in [1.165, 1.54) is 0 Å². The summed E-state index contributed by atoms with van der Waals surface area (Å²) >= 11 is 6.09. The first kappa shape index (κ1) is 12.5. The van der Waals surface area contributed by atoms with E-state index in [9.17, 15) is 0 Å². The molecule has 1 aromatic heterocycles. The van der Waals surface area contributed by atoms with Gasteiger partial charge in [0, 0.05) is 10.4 Å². The van der Waals surface area contributed by atoms with E-state index in [0.717, 1.165) is 22.0 Å². The first-order chi connectivity index (χ1) is 7.65. The molecule has 0 spiro atoms. The summed E-state index contributed by atoms with van der Waals surface area (Å²) in [6.07, 6.45) is 0. The van der Waals surface area contributed by atoms with Gasteiger partial charge in [0.2, 0.25) is 0 Å². The van der Waals surface area contributed by atoms with Crippen molar-refractivity contribution in [1.82, 2.24) is 10.2 Å². The number of nitrogens with zero attached hydrogens (tertiary/aromatic N) is 2. The van der Waals surface area contributed by atoms with Gasteiger partial charge >= 0.3 is 0 Å². The lowest BCUT2D eigenvalue weighted by Gasteiger charge is -2.03. The molecule has 0 amide bonds. The van der Waals surface area contributed by atoms with Gasteiger partial charge in [0.05, 0.1) is 5.52 Å². The molecule has 0 bridgehead atoms. The number of hydrogen-bond donors (Lipinski definition) is 1. The Balaban J connectivity index is 0.000000606. The van der Waals surface area contributed by atoms with Gasteiger partial charge in [-0.15, -0.1) is 0 Å². The molecule has 0 unspecified atom stereocenters. The number of nitrogens with one attached hydrogen (secondary N) is 1. The Morgan fingerprint density at radius 1 is 1.38 bits per heavy atom. The maximum absolute atomic E-state index is 8.83. The predicted octanol–water partition coefficient (Wildman–Crippen LogP) is 3.73. The third-order valence-electron chi connectivity index (χ3n) is 2.31. The van der Waals surface area contributed by atoms with Crippen molar-refractivity contribution in [3.63, 3.8) is 0 Å². The summed E-state index contributed by atoms with van der Waals surface area (Å²) in [6.45, 7) is 7.83. The number of H-pyrrole nitrogens is 1. The fraction of sp³-hybridized carbons (Fsp3) is 0.333. The summed E-state index contributed by atoms with van der Waals surface area (Å²) in [7, 11) is 0. The summed E-state index contributed by atoms with van der Waals surface area (Å²) in [5.74, 6) is 0. The number of aromatic amines is 1. The highest BCUT2D eigenvalue weighted by molar-refractivity contribution is 6.33. The minimum Gasteiger partial charge on any atom is -0.276 e. The first-order valence-electron chi connectivity index (χ1n) is 5.19. The van der Waals surface area contributed by atoms with Gasteiger partial charge in [-0.1, -0.05) is 25.4 Å². The second-order valence-electron chi connectivity index (χ2n) is 3.24. The maximum Gasteiger partial charge on any atom is 0.170 e. The van der Waals surface area contributed by atoms with Crippen LogP contribution < -0.4 is 0 Å². The van der Waals surface area contributed by atoms with Gasteiger partial charge in [-0.25, -0.2) is 0 Å². The van der Waals surface area contributed by atoms with E-state index < -0.39 is 0 Å². The minimum absolute atomic E-state index is 0.402. The van der Waals surface area contributed by atoms with Crippen LogP contribution in [-0.4, -0.2) is 10.2 Å². The summed E-state index contributed by atoms with van der Waals surface area (Å²) in [5, 5.41) is 17.1. The Kier molecular flexibility index (Phi) is 3.92. The van der Waals surface area contributed by atoms with Crippen LogP contribution in [0.4, 0.5) is 0 Å². The van der Waals surface area contributed by atoms with E-state index in [0.29, 0.717) is 10.7 Å². The van der Waals surface area contributed by atoms with Crippen LogP contribution in [-0.2, 0) is 0 Å². The molecule has 2 aromatic rings. The Bertz CT molecular complexity index is 549. The molecule has 4 heteroatoms. The van der Waals surface area contributed by atoms with Crippen molar-refractivity contribution >= 4 is 22.5 Å². The summed E-state index contributed by atoms with van der Waals surface area (Å²) in [6, 6.07) is 3.94. The van der Waals surface area contributed by atoms with Crippen LogP contribution in [0.2, 0.25) is 5.02 Å². The molecule has 0 atom stereocenters. The molecule has 2 rings (SSSR count). The molecule has 84 valence electrons. The Morgan fingerprint density at radius 3 is 2.56 bits per heavy atom. The number of benzene rings is 1. The minimum atomic E-state index is 0.402. The molecule has 0 saturated heterocycles. The number of fused-ring (bicyclic) bond motifs is 1. The molecule has 3 nitrogen and oxygen atoms in total. The number of aryl methyl sites for hydroxylation is 2. The average molecular weight is 236 g/mol.